The Morgan fingerprint density at radius 1 is 1.00 bits per heavy atom. The summed E-state index contributed by atoms with van der Waals surface area (Å²) >= 11 is 0. The molecule has 0 unspecified atom stereocenters. The number of rotatable bonds is 5. The summed E-state index contributed by atoms with van der Waals surface area (Å²) in [7, 11) is 3.22. The van der Waals surface area contributed by atoms with Gasteiger partial charge in [-0.15, -0.1) is 0 Å². The van der Waals surface area contributed by atoms with E-state index in [1.807, 2.05) is 22.8 Å². The van der Waals surface area contributed by atoms with Crippen molar-refractivity contribution in [1.29, 1.82) is 0 Å². The molecule has 0 N–H and O–H groups in total. The number of likely N-dealkylation sites (tertiary alicyclic amines) is 1. The Kier molecular flexibility index (Phi) is 5.64. The quantitative estimate of drug-likeness (QED) is 0.648. The highest BCUT2D eigenvalue weighted by Gasteiger charge is 2.25. The molecule has 3 aromatic rings. The molecule has 0 spiro atoms. The second-order valence-electron chi connectivity index (χ2n) is 8.93. The Bertz CT molecular complexity index is 1150. The van der Waals surface area contributed by atoms with Crippen LogP contribution < -0.4 is 11.2 Å². The first kappa shape index (κ1) is 20.6. The molecular weight excluding hydrogens is 378 g/mol. The summed E-state index contributed by atoms with van der Waals surface area (Å²) in [6.07, 6.45) is 2.05. The largest absolute Gasteiger partial charge is 0.332 e. The van der Waals surface area contributed by atoms with Gasteiger partial charge < -0.3 is 4.57 Å². The van der Waals surface area contributed by atoms with Crippen molar-refractivity contribution in [2.45, 2.75) is 39.8 Å². The van der Waals surface area contributed by atoms with Gasteiger partial charge in [-0.25, -0.2) is 9.78 Å². The first-order valence-corrected chi connectivity index (χ1v) is 10.8. The molecule has 0 aliphatic carbocycles. The Hall–Kier alpha value is -2.67. The number of aromatic nitrogens is 4. The van der Waals surface area contributed by atoms with Crippen molar-refractivity contribution in [2.24, 2.45) is 25.9 Å². The molecule has 1 aliphatic rings. The van der Waals surface area contributed by atoms with Crippen LogP contribution in [0.1, 0.15) is 31.7 Å². The van der Waals surface area contributed by atoms with Gasteiger partial charge in [-0.05, 0) is 30.2 Å². The smallest absolute Gasteiger partial charge is 0.321 e. The minimum Gasteiger partial charge on any atom is -0.321 e. The van der Waals surface area contributed by atoms with Gasteiger partial charge in [0.25, 0.3) is 5.56 Å². The molecule has 1 fully saturated rings. The zero-order chi connectivity index (χ0) is 21.4. The minimum atomic E-state index is -0.341. The monoisotopic (exact) mass is 409 g/mol. The SMILES string of the molecule is C[C@@H]1C[C@H](C)CN(Cc2nc3c(c(=O)n(C)c(=O)n3C)n2CCc2ccccc2)C1. The van der Waals surface area contributed by atoms with Gasteiger partial charge in [0, 0.05) is 33.7 Å². The highest BCUT2D eigenvalue weighted by Crippen LogP contribution is 2.23. The normalized spacial score (nSPS) is 20.1. The highest BCUT2D eigenvalue weighted by molar-refractivity contribution is 5.71. The summed E-state index contributed by atoms with van der Waals surface area (Å²) in [4.78, 5) is 32.7. The fraction of sp³-hybridized carbons (Fsp3) is 0.522. The molecule has 1 aromatic carbocycles. The standard InChI is InChI=1S/C23H31N5O2/c1-16-12-17(2)14-27(13-16)15-19-24-21-20(22(29)26(4)23(30)25(21)3)28(19)11-10-18-8-6-5-7-9-18/h5-9,16-17H,10-15H2,1-4H3/t16-,17+. The Labute approximate surface area is 176 Å². The maximum Gasteiger partial charge on any atom is 0.332 e. The predicted molar refractivity (Wildman–Crippen MR) is 119 cm³/mol. The van der Waals surface area contributed by atoms with E-state index in [9.17, 15) is 9.59 Å². The van der Waals surface area contributed by atoms with Crippen LogP contribution in [0.15, 0.2) is 39.9 Å². The number of imidazole rings is 1. The molecule has 1 saturated heterocycles. The lowest BCUT2D eigenvalue weighted by atomic mass is 9.92. The molecule has 7 heteroatoms. The van der Waals surface area contributed by atoms with Crippen LogP contribution in [0.2, 0.25) is 0 Å². The summed E-state index contributed by atoms with van der Waals surface area (Å²) in [5, 5.41) is 0. The molecule has 1 aliphatic heterocycles. The van der Waals surface area contributed by atoms with Crippen molar-refractivity contribution in [3.8, 4) is 0 Å². The van der Waals surface area contributed by atoms with Gasteiger partial charge in [0.1, 0.15) is 5.82 Å². The zero-order valence-corrected chi connectivity index (χ0v) is 18.3. The van der Waals surface area contributed by atoms with E-state index in [0.717, 1.165) is 25.3 Å². The van der Waals surface area contributed by atoms with Crippen LogP contribution in [0.3, 0.4) is 0 Å². The molecule has 30 heavy (non-hydrogen) atoms. The lowest BCUT2D eigenvalue weighted by Gasteiger charge is -2.34. The number of hydrogen-bond donors (Lipinski definition) is 0. The van der Waals surface area contributed by atoms with Crippen LogP contribution in [-0.2, 0) is 33.6 Å². The zero-order valence-electron chi connectivity index (χ0n) is 18.3. The van der Waals surface area contributed by atoms with E-state index in [0.29, 0.717) is 36.1 Å². The molecule has 0 bridgehead atoms. The maximum absolute atomic E-state index is 13.0. The minimum absolute atomic E-state index is 0.278. The van der Waals surface area contributed by atoms with Crippen molar-refractivity contribution >= 4 is 11.2 Å². The maximum atomic E-state index is 13.0. The summed E-state index contributed by atoms with van der Waals surface area (Å²) in [5.74, 6) is 2.15. The van der Waals surface area contributed by atoms with Gasteiger partial charge >= 0.3 is 5.69 Å². The van der Waals surface area contributed by atoms with E-state index in [1.54, 1.807) is 7.05 Å². The van der Waals surface area contributed by atoms with Gasteiger partial charge in [0.15, 0.2) is 11.2 Å². The van der Waals surface area contributed by atoms with Crippen LogP contribution in [-0.4, -0.2) is 36.7 Å². The predicted octanol–water partition coefficient (Wildman–Crippen LogP) is 2.15. The lowest BCUT2D eigenvalue weighted by molar-refractivity contribution is 0.130. The van der Waals surface area contributed by atoms with E-state index >= 15 is 0 Å². The van der Waals surface area contributed by atoms with E-state index in [1.165, 1.54) is 28.2 Å². The second-order valence-corrected chi connectivity index (χ2v) is 8.93. The van der Waals surface area contributed by atoms with Gasteiger partial charge in [-0.3, -0.25) is 18.8 Å². The van der Waals surface area contributed by atoms with Crippen LogP contribution in [0, 0.1) is 11.8 Å². The first-order valence-electron chi connectivity index (χ1n) is 10.8. The van der Waals surface area contributed by atoms with Crippen LogP contribution in [0.25, 0.3) is 11.2 Å². The first-order chi connectivity index (χ1) is 14.3. The van der Waals surface area contributed by atoms with Crippen molar-refractivity contribution in [1.82, 2.24) is 23.6 Å². The van der Waals surface area contributed by atoms with Crippen molar-refractivity contribution < 1.29 is 0 Å². The van der Waals surface area contributed by atoms with Gasteiger partial charge in [-0.1, -0.05) is 44.2 Å². The molecule has 3 heterocycles. The van der Waals surface area contributed by atoms with E-state index in [2.05, 4.69) is 30.9 Å². The van der Waals surface area contributed by atoms with Gasteiger partial charge in [0.05, 0.1) is 6.54 Å². The van der Waals surface area contributed by atoms with E-state index in [-0.39, 0.29) is 11.2 Å². The number of aryl methyl sites for hydroxylation is 3. The van der Waals surface area contributed by atoms with Crippen molar-refractivity contribution in [3.05, 3.63) is 62.6 Å². The fourth-order valence-electron chi connectivity index (χ4n) is 4.86. The molecule has 2 atom stereocenters. The third kappa shape index (κ3) is 3.86. The summed E-state index contributed by atoms with van der Waals surface area (Å²) in [6.45, 7) is 7.99. The number of piperidine rings is 1. The number of hydrogen-bond acceptors (Lipinski definition) is 4. The average Bonchev–Trinajstić information content (AvgIpc) is 3.07. The molecule has 160 valence electrons. The summed E-state index contributed by atoms with van der Waals surface area (Å²) < 4.78 is 4.70. The van der Waals surface area contributed by atoms with Gasteiger partial charge in [0.2, 0.25) is 0 Å². The van der Waals surface area contributed by atoms with Crippen molar-refractivity contribution in [3.63, 3.8) is 0 Å². The van der Waals surface area contributed by atoms with Crippen molar-refractivity contribution in [2.75, 3.05) is 13.1 Å². The molecule has 4 rings (SSSR count). The number of nitrogens with zero attached hydrogens (tertiary/aromatic N) is 5. The van der Waals surface area contributed by atoms with Crippen LogP contribution in [0.5, 0.6) is 0 Å². The summed E-state index contributed by atoms with van der Waals surface area (Å²) in [6, 6.07) is 10.3. The summed E-state index contributed by atoms with van der Waals surface area (Å²) in [5.41, 5.74) is 1.59. The molecule has 7 nitrogen and oxygen atoms in total. The Balaban J connectivity index is 1.77. The Morgan fingerprint density at radius 3 is 2.33 bits per heavy atom. The molecule has 0 radical (unpaired) electrons. The molecule has 0 amide bonds. The van der Waals surface area contributed by atoms with Gasteiger partial charge in [-0.2, -0.15) is 0 Å². The van der Waals surface area contributed by atoms with E-state index in [4.69, 9.17) is 4.98 Å². The fourth-order valence-corrected chi connectivity index (χ4v) is 4.86. The third-order valence-corrected chi connectivity index (χ3v) is 6.20. The lowest BCUT2D eigenvalue weighted by Crippen LogP contribution is -2.39. The average molecular weight is 410 g/mol. The second kappa shape index (κ2) is 8.22. The highest BCUT2D eigenvalue weighted by atomic mass is 16.2. The van der Waals surface area contributed by atoms with Crippen LogP contribution in [0.4, 0.5) is 0 Å². The molecule has 0 saturated carbocycles. The molecular formula is C23H31N5O2. The topological polar surface area (TPSA) is 65.1 Å². The molecule has 2 aromatic heterocycles. The van der Waals surface area contributed by atoms with E-state index < -0.39 is 0 Å². The number of benzene rings is 1. The Morgan fingerprint density at radius 2 is 1.67 bits per heavy atom. The number of fused-ring (bicyclic) bond motifs is 1. The van der Waals surface area contributed by atoms with Crippen LogP contribution >= 0.6 is 0 Å². The third-order valence-electron chi connectivity index (χ3n) is 6.20.